The van der Waals surface area contributed by atoms with Crippen LogP contribution < -0.4 is 10.2 Å². The molecule has 0 saturated carbocycles. The van der Waals surface area contributed by atoms with Gasteiger partial charge in [0.05, 0.1) is 16.8 Å². The fourth-order valence-electron chi connectivity index (χ4n) is 4.71. The van der Waals surface area contributed by atoms with Crippen molar-refractivity contribution < 1.29 is 32.3 Å². The van der Waals surface area contributed by atoms with Crippen molar-refractivity contribution in [3.8, 4) is 11.1 Å². The number of carbonyl (C=O) groups is 2. The predicted molar refractivity (Wildman–Crippen MR) is 146 cm³/mol. The molecule has 2 amide bonds. The number of halogens is 5. The Morgan fingerprint density at radius 1 is 1.00 bits per heavy atom. The molecule has 0 aliphatic carbocycles. The van der Waals surface area contributed by atoms with E-state index in [1.807, 2.05) is 0 Å². The molecule has 210 valence electrons. The van der Waals surface area contributed by atoms with Crippen LogP contribution in [0.1, 0.15) is 39.6 Å². The summed E-state index contributed by atoms with van der Waals surface area (Å²) in [5.41, 5.74) is -2.54. The first-order chi connectivity index (χ1) is 19.4. The van der Waals surface area contributed by atoms with Gasteiger partial charge >= 0.3 is 0 Å². The normalized spacial score (nSPS) is 17.9. The second-order valence-electron chi connectivity index (χ2n) is 9.70. The highest BCUT2D eigenvalue weighted by Gasteiger charge is 2.53. The lowest BCUT2D eigenvalue weighted by atomic mass is 9.87. The Bertz CT molecular complexity index is 1660. The summed E-state index contributed by atoms with van der Waals surface area (Å²) in [5.74, 6) is -6.27. The molecule has 1 aromatic heterocycles. The minimum absolute atomic E-state index is 0.00723. The van der Waals surface area contributed by atoms with Crippen molar-refractivity contribution in [1.82, 2.24) is 4.98 Å². The number of anilines is 2. The summed E-state index contributed by atoms with van der Waals surface area (Å²) < 4.78 is 58.2. The lowest BCUT2D eigenvalue weighted by molar-refractivity contribution is -0.177. The summed E-state index contributed by atoms with van der Waals surface area (Å²) in [7, 11) is 0. The van der Waals surface area contributed by atoms with Crippen LogP contribution in [0.15, 0.2) is 79.0 Å². The van der Waals surface area contributed by atoms with Gasteiger partial charge in [0.25, 0.3) is 17.7 Å². The highest BCUT2D eigenvalue weighted by Crippen LogP contribution is 2.47. The zero-order valence-electron chi connectivity index (χ0n) is 21.5. The number of rotatable bonds is 4. The summed E-state index contributed by atoms with van der Waals surface area (Å²) in [4.78, 5) is 31.7. The third kappa shape index (κ3) is 5.28. The average Bonchev–Trinajstić information content (AvgIpc) is 3.01. The van der Waals surface area contributed by atoms with E-state index >= 15 is 0 Å². The third-order valence-corrected chi connectivity index (χ3v) is 7.26. The molecule has 2 heterocycles. The molecule has 0 spiro atoms. The maximum atomic E-state index is 14.9. The fourth-order valence-corrected chi connectivity index (χ4v) is 4.88. The van der Waals surface area contributed by atoms with Gasteiger partial charge in [-0.15, -0.1) is 0 Å². The molecule has 5 rings (SSSR count). The van der Waals surface area contributed by atoms with E-state index in [1.165, 1.54) is 54.6 Å². The molecule has 1 aliphatic heterocycles. The van der Waals surface area contributed by atoms with Gasteiger partial charge in [-0.3, -0.25) is 9.59 Å². The monoisotopic (exact) mass is 583 g/mol. The Morgan fingerprint density at radius 2 is 1.76 bits per heavy atom. The number of pyridine rings is 1. The van der Waals surface area contributed by atoms with Gasteiger partial charge in [0, 0.05) is 35.3 Å². The number of nitrogens with one attached hydrogen (secondary N) is 1. The van der Waals surface area contributed by atoms with Crippen LogP contribution in [-0.2, 0) is 5.60 Å². The molecular formula is C30H22ClF4N3O3. The minimum atomic E-state index is -3.55. The Morgan fingerprint density at radius 3 is 2.46 bits per heavy atom. The number of alkyl halides is 2. The standard InChI is InChI=1S/C30H22ClF4N3O3/c1-29(41)23-14-18(31)7-10-25(23)38(13-12-30(29,34)35)28(40)17-6-11-26(36-16-17)37-27(39)22-15-19(32)8-9-20(22)21-4-2-3-5-24(21)33/h2-11,14-16,41H,12-13H2,1H3,(H,36,37,39)/t29-/m0/s1. The van der Waals surface area contributed by atoms with Crippen molar-refractivity contribution in [3.63, 3.8) is 0 Å². The lowest BCUT2D eigenvalue weighted by Crippen LogP contribution is -2.42. The number of hydrogen-bond donors (Lipinski definition) is 2. The van der Waals surface area contributed by atoms with E-state index in [4.69, 9.17) is 11.6 Å². The van der Waals surface area contributed by atoms with Crippen LogP contribution in [0, 0.1) is 11.6 Å². The number of carbonyl (C=O) groups excluding carboxylic acids is 2. The highest BCUT2D eigenvalue weighted by molar-refractivity contribution is 6.30. The number of amides is 2. The van der Waals surface area contributed by atoms with Crippen LogP contribution in [0.5, 0.6) is 0 Å². The van der Waals surface area contributed by atoms with Gasteiger partial charge in [-0.25, -0.2) is 22.5 Å². The van der Waals surface area contributed by atoms with E-state index in [1.54, 1.807) is 6.07 Å². The molecule has 0 radical (unpaired) electrons. The molecule has 1 aliphatic rings. The fraction of sp³-hybridized carbons (Fsp3) is 0.167. The first-order valence-electron chi connectivity index (χ1n) is 12.4. The zero-order chi connectivity index (χ0) is 29.5. The van der Waals surface area contributed by atoms with Gasteiger partial charge in [0.15, 0.2) is 5.60 Å². The Kier molecular flexibility index (Phi) is 7.31. The molecule has 11 heteroatoms. The highest BCUT2D eigenvalue weighted by atomic mass is 35.5. The van der Waals surface area contributed by atoms with Crippen LogP contribution in [0.3, 0.4) is 0 Å². The largest absolute Gasteiger partial charge is 0.379 e. The zero-order valence-corrected chi connectivity index (χ0v) is 22.2. The van der Waals surface area contributed by atoms with E-state index in [0.717, 1.165) is 30.2 Å². The van der Waals surface area contributed by atoms with Gasteiger partial charge in [-0.1, -0.05) is 35.9 Å². The molecule has 0 fully saturated rings. The number of nitrogens with zero attached hydrogens (tertiary/aromatic N) is 2. The van der Waals surface area contributed by atoms with Crippen molar-refractivity contribution in [2.24, 2.45) is 0 Å². The number of aromatic nitrogens is 1. The second kappa shape index (κ2) is 10.6. The van der Waals surface area contributed by atoms with E-state index < -0.39 is 47.9 Å². The van der Waals surface area contributed by atoms with E-state index in [-0.39, 0.29) is 44.3 Å². The minimum Gasteiger partial charge on any atom is -0.379 e. The van der Waals surface area contributed by atoms with Crippen molar-refractivity contribution in [2.45, 2.75) is 24.9 Å². The van der Waals surface area contributed by atoms with Crippen LogP contribution >= 0.6 is 11.6 Å². The summed E-state index contributed by atoms with van der Waals surface area (Å²) >= 11 is 6.02. The summed E-state index contributed by atoms with van der Waals surface area (Å²) in [6.45, 7) is 0.582. The van der Waals surface area contributed by atoms with E-state index in [0.29, 0.717) is 0 Å². The van der Waals surface area contributed by atoms with Gasteiger partial charge in [-0.05, 0) is 61.0 Å². The van der Waals surface area contributed by atoms with Gasteiger partial charge in [0.1, 0.15) is 17.5 Å². The van der Waals surface area contributed by atoms with Crippen molar-refractivity contribution in [3.05, 3.63) is 112 Å². The van der Waals surface area contributed by atoms with E-state index in [9.17, 15) is 32.3 Å². The molecule has 0 unspecified atom stereocenters. The maximum Gasteiger partial charge on any atom is 0.281 e. The van der Waals surface area contributed by atoms with Gasteiger partial charge in [0.2, 0.25) is 0 Å². The van der Waals surface area contributed by atoms with Crippen molar-refractivity contribution in [1.29, 1.82) is 0 Å². The molecule has 3 aromatic carbocycles. The third-order valence-electron chi connectivity index (χ3n) is 7.02. The van der Waals surface area contributed by atoms with Crippen molar-refractivity contribution in [2.75, 3.05) is 16.8 Å². The molecule has 6 nitrogen and oxygen atoms in total. The topological polar surface area (TPSA) is 82.5 Å². The van der Waals surface area contributed by atoms with Crippen LogP contribution in [0.25, 0.3) is 11.1 Å². The summed E-state index contributed by atoms with van der Waals surface area (Å²) in [6, 6.07) is 15.8. The molecule has 4 aromatic rings. The first kappa shape index (κ1) is 28.3. The Balaban J connectivity index is 1.41. The van der Waals surface area contributed by atoms with Gasteiger partial charge in [-0.2, -0.15) is 0 Å². The molecular weight excluding hydrogens is 562 g/mol. The van der Waals surface area contributed by atoms with Crippen LogP contribution in [0.2, 0.25) is 5.02 Å². The molecule has 2 N–H and O–H groups in total. The lowest BCUT2D eigenvalue weighted by Gasteiger charge is -2.32. The second-order valence-corrected chi connectivity index (χ2v) is 10.1. The number of fused-ring (bicyclic) bond motifs is 1. The summed E-state index contributed by atoms with van der Waals surface area (Å²) in [5, 5.41) is 13.3. The van der Waals surface area contributed by atoms with Crippen molar-refractivity contribution >= 4 is 34.9 Å². The smallest absolute Gasteiger partial charge is 0.281 e. The number of aliphatic hydroxyl groups is 1. The SMILES string of the molecule is C[C@]1(O)c2cc(Cl)ccc2N(C(=O)c2ccc(NC(=O)c3cc(F)ccc3-c3ccccc3F)nc2)CCC1(F)F. The van der Waals surface area contributed by atoms with Crippen LogP contribution in [0.4, 0.5) is 29.1 Å². The first-order valence-corrected chi connectivity index (χ1v) is 12.8. The molecule has 41 heavy (non-hydrogen) atoms. The Labute approximate surface area is 237 Å². The van der Waals surface area contributed by atoms with E-state index in [2.05, 4.69) is 10.3 Å². The quantitative estimate of drug-likeness (QED) is 0.258. The molecule has 0 saturated heterocycles. The average molecular weight is 584 g/mol. The Hall–Kier alpha value is -4.28. The molecule has 1 atom stereocenters. The molecule has 0 bridgehead atoms. The predicted octanol–water partition coefficient (Wildman–Crippen LogP) is 6.83. The maximum absolute atomic E-state index is 14.9. The number of benzene rings is 3. The number of hydrogen-bond acceptors (Lipinski definition) is 4. The van der Waals surface area contributed by atoms with Gasteiger partial charge < -0.3 is 15.3 Å². The summed E-state index contributed by atoms with van der Waals surface area (Å²) in [6.07, 6.45) is 0.343. The van der Waals surface area contributed by atoms with Crippen LogP contribution in [-0.4, -0.2) is 34.4 Å².